The van der Waals surface area contributed by atoms with Crippen molar-refractivity contribution in [3.05, 3.63) is 101 Å². The van der Waals surface area contributed by atoms with E-state index in [2.05, 4.69) is 29.6 Å². The molecule has 3 aromatic carbocycles. The van der Waals surface area contributed by atoms with E-state index in [1.54, 1.807) is 23.9 Å². The predicted molar refractivity (Wildman–Crippen MR) is 107 cm³/mol. The molecule has 0 heterocycles. The minimum Gasteiger partial charge on any atom is -0.324 e. The number of nitrogens with one attached hydrogen (secondary N) is 1. The first-order valence-corrected chi connectivity index (χ1v) is 9.42. The number of hydrogen-bond donors (Lipinski definition) is 1. The van der Waals surface area contributed by atoms with Gasteiger partial charge in [-0.2, -0.15) is 0 Å². The molecule has 3 aromatic rings. The quantitative estimate of drug-likeness (QED) is 0.596. The van der Waals surface area contributed by atoms with Gasteiger partial charge in [-0.3, -0.25) is 4.79 Å². The summed E-state index contributed by atoms with van der Waals surface area (Å²) in [5.74, 6) is 0.287. The van der Waals surface area contributed by atoms with Crippen molar-refractivity contribution in [3.8, 4) is 0 Å². The van der Waals surface area contributed by atoms with E-state index >= 15 is 0 Å². The Kier molecular flexibility index (Phi) is 6.15. The second kappa shape index (κ2) is 8.75. The van der Waals surface area contributed by atoms with Crippen molar-refractivity contribution < 1.29 is 4.79 Å². The van der Waals surface area contributed by atoms with Gasteiger partial charge in [0.05, 0.1) is 21.7 Å². The number of thioether (sulfide) groups is 1. The number of halogens is 1. The Balaban J connectivity index is 1.71. The maximum Gasteiger partial charge on any atom is 0.234 e. The van der Waals surface area contributed by atoms with Crippen molar-refractivity contribution in [1.29, 1.82) is 0 Å². The van der Waals surface area contributed by atoms with E-state index < -0.39 is 0 Å². The third kappa shape index (κ3) is 4.88. The van der Waals surface area contributed by atoms with Crippen molar-refractivity contribution in [2.24, 2.45) is 0 Å². The highest BCUT2D eigenvalue weighted by molar-refractivity contribution is 8.00. The number of rotatable bonds is 6. The fraction of sp³-hybridized carbons (Fsp3) is 0.0952. The molecule has 25 heavy (non-hydrogen) atoms. The number of para-hydroxylation sites is 1. The maximum atomic E-state index is 12.3. The van der Waals surface area contributed by atoms with Crippen molar-refractivity contribution in [2.45, 2.75) is 5.25 Å². The lowest BCUT2D eigenvalue weighted by Crippen LogP contribution is -2.15. The number of benzene rings is 3. The van der Waals surface area contributed by atoms with Crippen LogP contribution in [0.3, 0.4) is 0 Å². The van der Waals surface area contributed by atoms with Gasteiger partial charge in [0.1, 0.15) is 0 Å². The lowest BCUT2D eigenvalue weighted by atomic mass is 10.0. The zero-order chi connectivity index (χ0) is 17.5. The van der Waals surface area contributed by atoms with E-state index in [9.17, 15) is 4.79 Å². The minimum absolute atomic E-state index is 0.0602. The largest absolute Gasteiger partial charge is 0.324 e. The molecule has 0 aliphatic rings. The van der Waals surface area contributed by atoms with E-state index in [-0.39, 0.29) is 11.2 Å². The van der Waals surface area contributed by atoms with Crippen molar-refractivity contribution >= 4 is 35.0 Å². The van der Waals surface area contributed by atoms with Gasteiger partial charge in [0.2, 0.25) is 5.91 Å². The van der Waals surface area contributed by atoms with E-state index in [0.29, 0.717) is 16.5 Å². The van der Waals surface area contributed by atoms with Crippen LogP contribution in [0.4, 0.5) is 5.69 Å². The summed E-state index contributed by atoms with van der Waals surface area (Å²) < 4.78 is 0. The van der Waals surface area contributed by atoms with E-state index in [0.717, 1.165) is 0 Å². The van der Waals surface area contributed by atoms with Gasteiger partial charge < -0.3 is 5.32 Å². The summed E-state index contributed by atoms with van der Waals surface area (Å²) in [5, 5.41) is 3.53. The molecule has 2 nitrogen and oxygen atoms in total. The summed E-state index contributed by atoms with van der Waals surface area (Å²) in [6.07, 6.45) is 0. The molecule has 0 atom stereocenters. The first-order chi connectivity index (χ1) is 12.2. The van der Waals surface area contributed by atoms with Gasteiger partial charge in [-0.25, -0.2) is 0 Å². The topological polar surface area (TPSA) is 29.1 Å². The summed E-state index contributed by atoms with van der Waals surface area (Å²) in [5.41, 5.74) is 3.01. The highest BCUT2D eigenvalue weighted by atomic mass is 35.5. The van der Waals surface area contributed by atoms with E-state index in [1.165, 1.54) is 11.1 Å². The van der Waals surface area contributed by atoms with Crippen LogP contribution in [0.25, 0.3) is 0 Å². The molecular formula is C21H18ClNOS. The zero-order valence-corrected chi connectivity index (χ0v) is 15.1. The van der Waals surface area contributed by atoms with Gasteiger partial charge in [0.15, 0.2) is 0 Å². The van der Waals surface area contributed by atoms with Crippen LogP contribution in [0.2, 0.25) is 5.02 Å². The fourth-order valence-electron chi connectivity index (χ4n) is 2.55. The van der Waals surface area contributed by atoms with E-state index in [4.69, 9.17) is 11.6 Å². The number of hydrogen-bond acceptors (Lipinski definition) is 2. The molecule has 0 unspecified atom stereocenters. The van der Waals surface area contributed by atoms with Crippen LogP contribution in [0.1, 0.15) is 16.4 Å². The van der Waals surface area contributed by atoms with Gasteiger partial charge in [-0.05, 0) is 23.3 Å². The van der Waals surface area contributed by atoms with Crippen LogP contribution >= 0.6 is 23.4 Å². The van der Waals surface area contributed by atoms with Gasteiger partial charge in [-0.1, -0.05) is 84.4 Å². The predicted octanol–water partition coefficient (Wildman–Crippen LogP) is 5.80. The molecule has 0 radical (unpaired) electrons. The molecule has 4 heteroatoms. The van der Waals surface area contributed by atoms with Gasteiger partial charge in [-0.15, -0.1) is 11.8 Å². The molecule has 3 rings (SSSR count). The van der Waals surface area contributed by atoms with Gasteiger partial charge in [0, 0.05) is 0 Å². The lowest BCUT2D eigenvalue weighted by molar-refractivity contribution is -0.113. The average Bonchev–Trinajstić information content (AvgIpc) is 2.66. The number of carbonyl (C=O) groups is 1. The second-order valence-electron chi connectivity index (χ2n) is 5.54. The third-order valence-electron chi connectivity index (χ3n) is 3.73. The average molecular weight is 368 g/mol. The normalized spacial score (nSPS) is 10.6. The van der Waals surface area contributed by atoms with E-state index in [1.807, 2.05) is 48.5 Å². The molecule has 0 aromatic heterocycles. The third-order valence-corrected chi connectivity index (χ3v) is 5.37. The maximum absolute atomic E-state index is 12.3. The monoisotopic (exact) mass is 367 g/mol. The summed E-state index contributed by atoms with van der Waals surface area (Å²) in [6, 6.07) is 27.7. The lowest BCUT2D eigenvalue weighted by Gasteiger charge is -2.17. The Hall–Kier alpha value is -2.23. The van der Waals surface area contributed by atoms with Crippen molar-refractivity contribution in [1.82, 2.24) is 0 Å². The molecule has 0 saturated carbocycles. The van der Waals surface area contributed by atoms with Crippen molar-refractivity contribution in [3.63, 3.8) is 0 Å². The summed E-state index contributed by atoms with van der Waals surface area (Å²) in [4.78, 5) is 12.3. The first-order valence-electron chi connectivity index (χ1n) is 8.00. The number of anilines is 1. The molecule has 0 bridgehead atoms. The first kappa shape index (κ1) is 17.6. The van der Waals surface area contributed by atoms with Gasteiger partial charge in [0.25, 0.3) is 0 Å². The summed E-state index contributed by atoms with van der Waals surface area (Å²) in [6.45, 7) is 0. The molecule has 0 fully saturated rings. The summed E-state index contributed by atoms with van der Waals surface area (Å²) >= 11 is 7.71. The molecule has 1 amide bonds. The van der Waals surface area contributed by atoms with Crippen LogP contribution in [-0.2, 0) is 4.79 Å². The Labute approximate surface area is 157 Å². The smallest absolute Gasteiger partial charge is 0.234 e. The molecular weight excluding hydrogens is 350 g/mol. The minimum atomic E-state index is -0.0602. The van der Waals surface area contributed by atoms with Gasteiger partial charge >= 0.3 is 0 Å². The summed E-state index contributed by atoms with van der Waals surface area (Å²) in [7, 11) is 0. The van der Waals surface area contributed by atoms with Crippen LogP contribution in [0.15, 0.2) is 84.9 Å². The van der Waals surface area contributed by atoms with Crippen LogP contribution < -0.4 is 5.32 Å². The van der Waals surface area contributed by atoms with Crippen molar-refractivity contribution in [2.75, 3.05) is 11.1 Å². The molecule has 0 aliphatic carbocycles. The second-order valence-corrected chi connectivity index (χ2v) is 7.04. The molecule has 0 aliphatic heterocycles. The molecule has 1 N–H and O–H groups in total. The Morgan fingerprint density at radius 2 is 1.36 bits per heavy atom. The molecule has 0 spiro atoms. The zero-order valence-electron chi connectivity index (χ0n) is 13.6. The number of amides is 1. The molecule has 0 saturated heterocycles. The molecule has 126 valence electrons. The highest BCUT2D eigenvalue weighted by Crippen LogP contribution is 2.35. The Morgan fingerprint density at radius 3 is 1.92 bits per heavy atom. The highest BCUT2D eigenvalue weighted by Gasteiger charge is 2.16. The Morgan fingerprint density at radius 1 is 0.840 bits per heavy atom. The van der Waals surface area contributed by atoms with Crippen LogP contribution in [0, 0.1) is 0 Å². The fourth-order valence-corrected chi connectivity index (χ4v) is 3.82. The number of carbonyl (C=O) groups excluding carboxylic acids is 1. The SMILES string of the molecule is O=C(CSC(c1ccccc1)c1ccccc1)Nc1ccccc1Cl. The van der Waals surface area contributed by atoms with Crippen LogP contribution in [-0.4, -0.2) is 11.7 Å². The Bertz CT molecular complexity index is 784. The standard InChI is InChI=1S/C21H18ClNOS/c22-18-13-7-8-14-19(18)23-20(24)15-25-21(16-9-3-1-4-10-16)17-11-5-2-6-12-17/h1-14,21H,15H2,(H,23,24). The van der Waals surface area contributed by atoms with Crippen LogP contribution in [0.5, 0.6) is 0 Å².